The van der Waals surface area contributed by atoms with Gasteiger partial charge >= 0.3 is 0 Å². The molecule has 0 radical (unpaired) electrons. The Kier molecular flexibility index (Phi) is 4.48. The Bertz CT molecular complexity index is 377. The van der Waals surface area contributed by atoms with Crippen LogP contribution < -0.4 is 5.32 Å². The van der Waals surface area contributed by atoms with Crippen LogP contribution in [0.3, 0.4) is 0 Å². The van der Waals surface area contributed by atoms with Crippen LogP contribution in [0.4, 0.5) is 0 Å². The van der Waals surface area contributed by atoms with Crippen molar-refractivity contribution in [1.29, 1.82) is 0 Å². The van der Waals surface area contributed by atoms with Gasteiger partial charge in [0.2, 0.25) is 0 Å². The Balaban J connectivity index is 2.08. The number of Topliss-reactive ketones (excluding diaryl/α,β-unsaturated/α-hetero) is 1. The third-order valence-electron chi connectivity index (χ3n) is 3.88. The highest BCUT2D eigenvalue weighted by Crippen LogP contribution is 2.33. The van der Waals surface area contributed by atoms with Crippen LogP contribution in [-0.2, 0) is 11.2 Å². The summed E-state index contributed by atoms with van der Waals surface area (Å²) in [7, 11) is 0. The number of aromatic nitrogens is 1. The highest BCUT2D eigenvalue weighted by Gasteiger charge is 2.37. The van der Waals surface area contributed by atoms with Crippen LogP contribution in [0.25, 0.3) is 0 Å². The van der Waals surface area contributed by atoms with E-state index < -0.39 is 0 Å². The van der Waals surface area contributed by atoms with Crippen molar-refractivity contribution in [3.05, 3.63) is 30.1 Å². The van der Waals surface area contributed by atoms with Crippen LogP contribution in [0.1, 0.15) is 38.2 Å². The molecule has 1 fully saturated rings. The minimum absolute atomic E-state index is 0.136. The smallest absolute Gasteiger partial charge is 0.144 e. The molecule has 98 valence electrons. The molecule has 0 bridgehead atoms. The van der Waals surface area contributed by atoms with Crippen molar-refractivity contribution in [3.8, 4) is 0 Å². The van der Waals surface area contributed by atoms with Gasteiger partial charge in [0.15, 0.2) is 0 Å². The van der Waals surface area contributed by atoms with Crippen molar-refractivity contribution in [3.63, 3.8) is 0 Å². The fraction of sp³-hybridized carbons (Fsp3) is 0.600. The minimum atomic E-state index is -0.136. The van der Waals surface area contributed by atoms with E-state index in [1.54, 1.807) is 12.4 Å². The van der Waals surface area contributed by atoms with Crippen LogP contribution in [0.15, 0.2) is 24.5 Å². The largest absolute Gasteiger partial charge is 0.316 e. The van der Waals surface area contributed by atoms with Gasteiger partial charge in [0.05, 0.1) is 0 Å². The molecule has 1 N–H and O–H groups in total. The summed E-state index contributed by atoms with van der Waals surface area (Å²) in [5.41, 5.74) is 0.895. The Morgan fingerprint density at radius 1 is 1.56 bits per heavy atom. The molecular formula is C15H22N2O. The quantitative estimate of drug-likeness (QED) is 0.867. The number of carbonyl (C=O) groups is 1. The molecule has 0 amide bonds. The van der Waals surface area contributed by atoms with Crippen molar-refractivity contribution in [2.24, 2.45) is 5.41 Å². The lowest BCUT2D eigenvalue weighted by atomic mass is 9.72. The number of rotatable bonds is 5. The number of ketones is 1. The first-order chi connectivity index (χ1) is 8.77. The fourth-order valence-corrected chi connectivity index (χ4v) is 2.91. The van der Waals surface area contributed by atoms with Crippen molar-refractivity contribution in [2.75, 3.05) is 13.1 Å². The summed E-state index contributed by atoms with van der Waals surface area (Å²) in [5, 5.41) is 3.39. The van der Waals surface area contributed by atoms with E-state index in [1.807, 2.05) is 12.1 Å². The van der Waals surface area contributed by atoms with Crippen LogP contribution >= 0.6 is 0 Å². The number of carbonyl (C=O) groups excluding carboxylic acids is 1. The van der Waals surface area contributed by atoms with Gasteiger partial charge in [0.25, 0.3) is 0 Å². The molecule has 1 saturated heterocycles. The average Bonchev–Trinajstić information content (AvgIpc) is 2.41. The molecule has 1 atom stereocenters. The molecule has 1 unspecified atom stereocenters. The predicted molar refractivity (Wildman–Crippen MR) is 72.4 cm³/mol. The van der Waals surface area contributed by atoms with Gasteiger partial charge in [-0.2, -0.15) is 0 Å². The molecule has 0 aliphatic carbocycles. The van der Waals surface area contributed by atoms with Gasteiger partial charge < -0.3 is 5.32 Å². The number of pyridine rings is 1. The maximum Gasteiger partial charge on any atom is 0.144 e. The lowest BCUT2D eigenvalue weighted by Crippen LogP contribution is -2.46. The van der Waals surface area contributed by atoms with Gasteiger partial charge in [0, 0.05) is 30.8 Å². The first kappa shape index (κ1) is 13.2. The van der Waals surface area contributed by atoms with E-state index in [0.29, 0.717) is 12.2 Å². The minimum Gasteiger partial charge on any atom is -0.316 e. The number of nitrogens with one attached hydrogen (secondary N) is 1. The maximum atomic E-state index is 12.6. The molecule has 2 rings (SSSR count). The van der Waals surface area contributed by atoms with E-state index in [1.165, 1.54) is 0 Å². The summed E-state index contributed by atoms with van der Waals surface area (Å²) in [5.74, 6) is 0.379. The zero-order valence-electron chi connectivity index (χ0n) is 11.1. The summed E-state index contributed by atoms with van der Waals surface area (Å²) in [6.45, 7) is 4.05. The summed E-state index contributed by atoms with van der Waals surface area (Å²) < 4.78 is 0. The predicted octanol–water partition coefficient (Wildman–Crippen LogP) is 2.36. The van der Waals surface area contributed by atoms with Gasteiger partial charge in [-0.05, 0) is 37.4 Å². The first-order valence-electron chi connectivity index (χ1n) is 6.90. The van der Waals surface area contributed by atoms with Crippen LogP contribution in [-0.4, -0.2) is 23.9 Å². The topological polar surface area (TPSA) is 42.0 Å². The van der Waals surface area contributed by atoms with E-state index in [2.05, 4.69) is 17.2 Å². The highest BCUT2D eigenvalue weighted by atomic mass is 16.1. The van der Waals surface area contributed by atoms with E-state index in [9.17, 15) is 4.79 Å². The maximum absolute atomic E-state index is 12.6. The summed E-state index contributed by atoms with van der Waals surface area (Å²) in [4.78, 5) is 16.7. The van der Waals surface area contributed by atoms with E-state index >= 15 is 0 Å². The SMILES string of the molecule is CCCC1(C(=O)Cc2cccnc2)CCCNC1. The molecule has 3 heteroatoms. The second-order valence-corrected chi connectivity index (χ2v) is 5.27. The van der Waals surface area contributed by atoms with Gasteiger partial charge in [-0.1, -0.05) is 19.4 Å². The molecule has 0 aromatic carbocycles. The second kappa shape index (κ2) is 6.10. The van der Waals surface area contributed by atoms with Crippen molar-refractivity contribution in [2.45, 2.75) is 39.0 Å². The molecule has 1 aromatic heterocycles. The summed E-state index contributed by atoms with van der Waals surface area (Å²) >= 11 is 0. The van der Waals surface area contributed by atoms with E-state index in [-0.39, 0.29) is 5.41 Å². The lowest BCUT2D eigenvalue weighted by molar-refractivity contribution is -0.129. The van der Waals surface area contributed by atoms with E-state index in [0.717, 1.165) is 44.3 Å². The molecule has 0 saturated carbocycles. The van der Waals surface area contributed by atoms with Crippen molar-refractivity contribution in [1.82, 2.24) is 10.3 Å². The fourth-order valence-electron chi connectivity index (χ4n) is 2.91. The molecule has 2 heterocycles. The normalized spacial score (nSPS) is 23.8. The second-order valence-electron chi connectivity index (χ2n) is 5.27. The summed E-state index contributed by atoms with van der Waals surface area (Å²) in [6, 6.07) is 3.88. The van der Waals surface area contributed by atoms with Gasteiger partial charge in [0.1, 0.15) is 5.78 Å². The van der Waals surface area contributed by atoms with Crippen LogP contribution in [0.2, 0.25) is 0 Å². The Hall–Kier alpha value is -1.22. The monoisotopic (exact) mass is 246 g/mol. The Morgan fingerprint density at radius 2 is 2.44 bits per heavy atom. The molecule has 1 aromatic rings. The Morgan fingerprint density at radius 3 is 3.06 bits per heavy atom. The third-order valence-corrected chi connectivity index (χ3v) is 3.88. The average molecular weight is 246 g/mol. The number of nitrogens with zero attached hydrogens (tertiary/aromatic N) is 1. The highest BCUT2D eigenvalue weighted by molar-refractivity contribution is 5.87. The van der Waals surface area contributed by atoms with Crippen LogP contribution in [0.5, 0.6) is 0 Å². The Labute approximate surface area is 109 Å². The van der Waals surface area contributed by atoms with Gasteiger partial charge in [-0.15, -0.1) is 0 Å². The van der Waals surface area contributed by atoms with Crippen molar-refractivity contribution < 1.29 is 4.79 Å². The third kappa shape index (κ3) is 2.96. The van der Waals surface area contributed by atoms with E-state index in [4.69, 9.17) is 0 Å². The molecule has 1 aliphatic rings. The number of hydrogen-bond acceptors (Lipinski definition) is 3. The molecule has 3 nitrogen and oxygen atoms in total. The molecule has 0 spiro atoms. The zero-order valence-corrected chi connectivity index (χ0v) is 11.1. The van der Waals surface area contributed by atoms with Crippen molar-refractivity contribution >= 4 is 5.78 Å². The molecular weight excluding hydrogens is 224 g/mol. The summed E-state index contributed by atoms with van der Waals surface area (Å²) in [6.07, 6.45) is 8.28. The zero-order chi connectivity index (χ0) is 12.8. The van der Waals surface area contributed by atoms with Gasteiger partial charge in [-0.25, -0.2) is 0 Å². The molecule has 1 aliphatic heterocycles. The number of piperidine rings is 1. The lowest BCUT2D eigenvalue weighted by Gasteiger charge is -2.36. The van der Waals surface area contributed by atoms with Gasteiger partial charge in [-0.3, -0.25) is 9.78 Å². The van der Waals surface area contributed by atoms with Crippen LogP contribution in [0, 0.1) is 5.41 Å². The molecule has 18 heavy (non-hydrogen) atoms. The standard InChI is InChI=1S/C15H22N2O/c1-2-6-15(7-4-9-17-12-15)14(18)10-13-5-3-8-16-11-13/h3,5,8,11,17H,2,4,6-7,9-10,12H2,1H3. The first-order valence-corrected chi connectivity index (χ1v) is 6.90. The number of hydrogen-bond donors (Lipinski definition) is 1.